The van der Waals surface area contributed by atoms with Gasteiger partial charge in [0.1, 0.15) is 5.82 Å². The smallest absolute Gasteiger partial charge is 0.262 e. The Bertz CT molecular complexity index is 508. The number of aryl methyl sites for hydroxylation is 2. The van der Waals surface area contributed by atoms with Crippen molar-refractivity contribution in [2.45, 2.75) is 31.3 Å². The molecule has 1 aromatic rings. The van der Waals surface area contributed by atoms with Crippen LogP contribution in [0.1, 0.15) is 19.2 Å². The first-order chi connectivity index (χ1) is 8.30. The topological polar surface area (TPSA) is 81.2 Å². The summed E-state index contributed by atoms with van der Waals surface area (Å²) in [5, 5.41) is 0.115. The molecule has 1 aliphatic rings. The molecular weight excluding hydrogens is 252 g/mol. The summed E-state index contributed by atoms with van der Waals surface area (Å²) in [6.45, 7) is 4.70. The third kappa shape index (κ3) is 2.43. The highest BCUT2D eigenvalue weighted by Crippen LogP contribution is 2.22. The molecule has 2 heterocycles. The third-order valence-electron chi connectivity index (χ3n) is 3.35. The molecule has 2 rings (SSSR count). The first kappa shape index (κ1) is 13.5. The molecule has 0 aromatic carbocycles. The Hall–Kier alpha value is -0.920. The van der Waals surface area contributed by atoms with Crippen LogP contribution in [-0.2, 0) is 17.1 Å². The highest BCUT2D eigenvalue weighted by atomic mass is 32.2. The average molecular weight is 272 g/mol. The molecule has 18 heavy (non-hydrogen) atoms. The van der Waals surface area contributed by atoms with Crippen LogP contribution in [0.15, 0.2) is 11.2 Å². The second kappa shape index (κ2) is 4.64. The molecule has 1 saturated heterocycles. The molecule has 1 fully saturated rings. The van der Waals surface area contributed by atoms with E-state index in [2.05, 4.69) is 4.98 Å². The maximum Gasteiger partial charge on any atom is 0.262 e. The zero-order valence-corrected chi connectivity index (χ0v) is 11.8. The number of aromatic nitrogens is 2. The van der Waals surface area contributed by atoms with Crippen LogP contribution in [0.3, 0.4) is 0 Å². The lowest BCUT2D eigenvalue weighted by Crippen LogP contribution is -2.48. The van der Waals surface area contributed by atoms with Gasteiger partial charge < -0.3 is 10.3 Å². The molecular formula is C11H20N4O2S. The van der Waals surface area contributed by atoms with E-state index in [4.69, 9.17) is 5.73 Å². The largest absolute Gasteiger partial charge is 0.337 e. The van der Waals surface area contributed by atoms with E-state index in [1.165, 1.54) is 4.31 Å². The monoisotopic (exact) mass is 272 g/mol. The average Bonchev–Trinajstić information content (AvgIpc) is 2.58. The van der Waals surface area contributed by atoms with Crippen molar-refractivity contribution < 1.29 is 8.42 Å². The van der Waals surface area contributed by atoms with Gasteiger partial charge in [0.2, 0.25) is 0 Å². The summed E-state index contributed by atoms with van der Waals surface area (Å²) in [5.41, 5.74) is 5.89. The van der Waals surface area contributed by atoms with Gasteiger partial charge in [-0.1, -0.05) is 6.92 Å². The summed E-state index contributed by atoms with van der Waals surface area (Å²) < 4.78 is 28.0. The second-order valence-corrected chi connectivity index (χ2v) is 7.05. The van der Waals surface area contributed by atoms with E-state index >= 15 is 0 Å². The molecule has 102 valence electrons. The van der Waals surface area contributed by atoms with Gasteiger partial charge >= 0.3 is 0 Å². The van der Waals surface area contributed by atoms with E-state index in [0.717, 1.165) is 6.42 Å². The van der Waals surface area contributed by atoms with Gasteiger partial charge in [0, 0.05) is 32.4 Å². The van der Waals surface area contributed by atoms with Gasteiger partial charge in [-0.25, -0.2) is 13.4 Å². The molecule has 1 aromatic heterocycles. The van der Waals surface area contributed by atoms with E-state index in [9.17, 15) is 8.42 Å². The number of nitrogens with two attached hydrogens (primary N) is 1. The molecule has 6 nitrogen and oxygen atoms in total. The Morgan fingerprint density at radius 1 is 1.44 bits per heavy atom. The summed E-state index contributed by atoms with van der Waals surface area (Å²) in [5.74, 6) is 0.969. The lowest BCUT2D eigenvalue weighted by atomic mass is 9.99. The summed E-state index contributed by atoms with van der Waals surface area (Å²) in [6.07, 6.45) is 2.42. The Morgan fingerprint density at radius 2 is 2.11 bits per heavy atom. The number of imidazole rings is 1. The lowest BCUT2D eigenvalue weighted by molar-refractivity contribution is 0.254. The SMILES string of the molecule is Cc1nc(S(=O)(=O)N2CC(C)CC(N)C2)cn1C. The van der Waals surface area contributed by atoms with Gasteiger partial charge in [-0.3, -0.25) is 0 Å². The Morgan fingerprint density at radius 3 is 2.61 bits per heavy atom. The van der Waals surface area contributed by atoms with Crippen molar-refractivity contribution >= 4 is 10.0 Å². The molecule has 2 unspecified atom stereocenters. The van der Waals surface area contributed by atoms with Crippen molar-refractivity contribution in [2.24, 2.45) is 18.7 Å². The van der Waals surface area contributed by atoms with Gasteiger partial charge in [-0.05, 0) is 19.3 Å². The van der Waals surface area contributed by atoms with Crippen LogP contribution >= 0.6 is 0 Å². The Kier molecular flexibility index (Phi) is 3.48. The van der Waals surface area contributed by atoms with Crippen molar-refractivity contribution in [1.82, 2.24) is 13.9 Å². The first-order valence-corrected chi connectivity index (χ1v) is 7.50. The van der Waals surface area contributed by atoms with Gasteiger partial charge in [0.15, 0.2) is 5.03 Å². The summed E-state index contributed by atoms with van der Waals surface area (Å²) >= 11 is 0. The van der Waals surface area contributed by atoms with Crippen molar-refractivity contribution in [1.29, 1.82) is 0 Å². The molecule has 2 N–H and O–H groups in total. The van der Waals surface area contributed by atoms with Crippen molar-refractivity contribution in [3.63, 3.8) is 0 Å². The maximum absolute atomic E-state index is 12.4. The molecule has 0 spiro atoms. The van der Waals surface area contributed by atoms with Crippen LogP contribution in [-0.4, -0.2) is 41.4 Å². The van der Waals surface area contributed by atoms with Crippen LogP contribution in [0.4, 0.5) is 0 Å². The second-order valence-electron chi connectivity index (χ2n) is 5.16. The number of sulfonamides is 1. The fraction of sp³-hybridized carbons (Fsp3) is 0.727. The number of piperidine rings is 1. The number of nitrogens with zero attached hydrogens (tertiary/aromatic N) is 3. The standard InChI is InChI=1S/C11H20N4O2S/c1-8-4-10(12)6-15(5-8)18(16,17)11-7-14(3)9(2)13-11/h7-8,10H,4-6,12H2,1-3H3. The third-order valence-corrected chi connectivity index (χ3v) is 5.05. The highest BCUT2D eigenvalue weighted by Gasteiger charge is 2.33. The zero-order chi connectivity index (χ0) is 13.5. The van der Waals surface area contributed by atoms with Gasteiger partial charge in [-0.2, -0.15) is 4.31 Å². The Balaban J connectivity index is 2.30. The fourth-order valence-corrected chi connectivity index (χ4v) is 3.97. The summed E-state index contributed by atoms with van der Waals surface area (Å²) in [4.78, 5) is 4.10. The molecule has 0 radical (unpaired) electrons. The molecule has 0 amide bonds. The number of rotatable bonds is 2. The maximum atomic E-state index is 12.4. The van der Waals surface area contributed by atoms with Crippen LogP contribution in [0, 0.1) is 12.8 Å². The molecule has 1 aliphatic heterocycles. The number of hydrogen-bond acceptors (Lipinski definition) is 4. The van der Waals surface area contributed by atoms with Gasteiger partial charge in [0.25, 0.3) is 10.0 Å². The molecule has 7 heteroatoms. The van der Waals surface area contributed by atoms with E-state index in [0.29, 0.717) is 18.9 Å². The zero-order valence-electron chi connectivity index (χ0n) is 11.0. The van der Waals surface area contributed by atoms with Crippen LogP contribution < -0.4 is 5.73 Å². The van der Waals surface area contributed by atoms with E-state index in [1.54, 1.807) is 24.7 Å². The van der Waals surface area contributed by atoms with Crippen LogP contribution in [0.25, 0.3) is 0 Å². The Labute approximate surface area is 108 Å². The highest BCUT2D eigenvalue weighted by molar-refractivity contribution is 7.89. The van der Waals surface area contributed by atoms with E-state index in [1.807, 2.05) is 6.92 Å². The minimum absolute atomic E-state index is 0.0895. The minimum atomic E-state index is -3.51. The van der Waals surface area contributed by atoms with Crippen molar-refractivity contribution in [2.75, 3.05) is 13.1 Å². The molecule has 0 aliphatic carbocycles. The van der Waals surface area contributed by atoms with Crippen LogP contribution in [0.2, 0.25) is 0 Å². The summed E-state index contributed by atoms with van der Waals surface area (Å²) in [6, 6.07) is -0.0895. The first-order valence-electron chi connectivity index (χ1n) is 6.06. The fourth-order valence-electron chi connectivity index (χ4n) is 2.33. The summed E-state index contributed by atoms with van der Waals surface area (Å²) in [7, 11) is -1.72. The predicted octanol–water partition coefficient (Wildman–Crippen LogP) is 0.0863. The quantitative estimate of drug-likeness (QED) is 0.827. The molecule has 0 saturated carbocycles. The minimum Gasteiger partial charge on any atom is -0.337 e. The van der Waals surface area contributed by atoms with Crippen molar-refractivity contribution in [3.05, 3.63) is 12.0 Å². The van der Waals surface area contributed by atoms with Crippen molar-refractivity contribution in [3.8, 4) is 0 Å². The molecule has 0 bridgehead atoms. The number of hydrogen-bond donors (Lipinski definition) is 1. The predicted molar refractivity (Wildman–Crippen MR) is 68.5 cm³/mol. The van der Waals surface area contributed by atoms with Gasteiger partial charge in [-0.15, -0.1) is 0 Å². The lowest BCUT2D eigenvalue weighted by Gasteiger charge is -2.33. The normalized spacial score (nSPS) is 26.4. The van der Waals surface area contributed by atoms with Gasteiger partial charge in [0.05, 0.1) is 0 Å². The van der Waals surface area contributed by atoms with E-state index < -0.39 is 10.0 Å². The van der Waals surface area contributed by atoms with Crippen LogP contribution in [0.5, 0.6) is 0 Å². The van der Waals surface area contributed by atoms with E-state index in [-0.39, 0.29) is 17.0 Å². The molecule has 2 atom stereocenters.